The van der Waals surface area contributed by atoms with E-state index in [-0.39, 0.29) is 0 Å². The third-order valence-electron chi connectivity index (χ3n) is 3.77. The molecule has 0 spiro atoms. The molecule has 2 atom stereocenters. The van der Waals surface area contributed by atoms with Crippen molar-refractivity contribution in [3.63, 3.8) is 0 Å². The first kappa shape index (κ1) is 16.0. The summed E-state index contributed by atoms with van der Waals surface area (Å²) in [5, 5.41) is 3.48. The van der Waals surface area contributed by atoms with Crippen LogP contribution in [0, 0.1) is 0 Å². The van der Waals surface area contributed by atoms with Gasteiger partial charge in [0.25, 0.3) is 0 Å². The van der Waals surface area contributed by atoms with Crippen molar-refractivity contribution >= 4 is 15.9 Å². The van der Waals surface area contributed by atoms with Gasteiger partial charge in [0.05, 0.1) is 12.7 Å². The van der Waals surface area contributed by atoms with Crippen LogP contribution in [0.5, 0.6) is 0 Å². The Kier molecular flexibility index (Phi) is 7.00. The Morgan fingerprint density at radius 3 is 3.10 bits per heavy atom. The van der Waals surface area contributed by atoms with Crippen molar-refractivity contribution in [1.82, 2.24) is 5.32 Å². The molecule has 0 saturated carbocycles. The van der Waals surface area contributed by atoms with E-state index in [1.807, 2.05) is 0 Å². The monoisotopic (exact) mass is 341 g/mol. The number of rotatable bonds is 8. The molecule has 20 heavy (non-hydrogen) atoms. The van der Waals surface area contributed by atoms with Gasteiger partial charge in [-0.15, -0.1) is 0 Å². The Hall–Kier alpha value is -0.420. The highest BCUT2D eigenvalue weighted by Crippen LogP contribution is 2.28. The van der Waals surface area contributed by atoms with Crippen molar-refractivity contribution in [3.8, 4) is 0 Å². The van der Waals surface area contributed by atoms with Gasteiger partial charge in [0.1, 0.15) is 0 Å². The predicted octanol–water partition coefficient (Wildman–Crippen LogP) is 3.34. The van der Waals surface area contributed by atoms with Crippen molar-refractivity contribution in [1.29, 1.82) is 0 Å². The molecule has 2 rings (SSSR count). The van der Waals surface area contributed by atoms with Crippen molar-refractivity contribution in [2.24, 2.45) is 0 Å². The number of methoxy groups -OCH3 is 1. The smallest absolute Gasteiger partial charge is 0.0587 e. The lowest BCUT2D eigenvalue weighted by atomic mass is 9.92. The Morgan fingerprint density at radius 1 is 1.50 bits per heavy atom. The van der Waals surface area contributed by atoms with E-state index in [9.17, 15) is 0 Å². The van der Waals surface area contributed by atoms with Crippen LogP contribution in [0.15, 0.2) is 28.7 Å². The molecule has 1 aliphatic heterocycles. The third kappa shape index (κ3) is 5.17. The van der Waals surface area contributed by atoms with Crippen LogP contribution in [-0.2, 0) is 9.47 Å². The van der Waals surface area contributed by atoms with Crippen LogP contribution in [-0.4, -0.2) is 39.5 Å². The first-order chi connectivity index (χ1) is 9.79. The summed E-state index contributed by atoms with van der Waals surface area (Å²) in [6, 6.07) is 8.61. The Labute approximate surface area is 130 Å². The van der Waals surface area contributed by atoms with Gasteiger partial charge in [-0.2, -0.15) is 0 Å². The second kappa shape index (κ2) is 8.78. The molecule has 112 valence electrons. The van der Waals surface area contributed by atoms with E-state index >= 15 is 0 Å². The SMILES string of the molecule is COCCNCC(CC1CCCO1)c1cccc(Br)c1. The molecule has 0 aromatic heterocycles. The van der Waals surface area contributed by atoms with Crippen molar-refractivity contribution in [3.05, 3.63) is 34.3 Å². The largest absolute Gasteiger partial charge is 0.383 e. The zero-order valence-electron chi connectivity index (χ0n) is 12.1. The Morgan fingerprint density at radius 2 is 2.40 bits per heavy atom. The van der Waals surface area contributed by atoms with E-state index in [1.54, 1.807) is 7.11 Å². The minimum absolute atomic E-state index is 0.420. The molecule has 3 nitrogen and oxygen atoms in total. The van der Waals surface area contributed by atoms with Crippen molar-refractivity contribution < 1.29 is 9.47 Å². The first-order valence-electron chi connectivity index (χ1n) is 7.36. The standard InChI is InChI=1S/C16H24BrNO2/c1-19-9-7-18-12-14(11-16-6-3-8-20-16)13-4-2-5-15(17)10-13/h2,4-5,10,14,16,18H,3,6-9,11-12H2,1H3. The molecule has 1 N–H and O–H groups in total. The molecule has 1 aromatic carbocycles. The van der Waals surface area contributed by atoms with E-state index in [1.165, 1.54) is 18.4 Å². The van der Waals surface area contributed by atoms with Crippen LogP contribution in [0.3, 0.4) is 0 Å². The fourth-order valence-electron chi connectivity index (χ4n) is 2.70. The summed E-state index contributed by atoms with van der Waals surface area (Å²) < 4.78 is 12.0. The summed E-state index contributed by atoms with van der Waals surface area (Å²) in [5.41, 5.74) is 1.37. The fraction of sp³-hybridized carbons (Fsp3) is 0.625. The molecule has 1 aliphatic rings. The maximum Gasteiger partial charge on any atom is 0.0587 e. The van der Waals surface area contributed by atoms with Crippen LogP contribution in [0.4, 0.5) is 0 Å². The lowest BCUT2D eigenvalue weighted by Crippen LogP contribution is -2.27. The van der Waals surface area contributed by atoms with Gasteiger partial charge < -0.3 is 14.8 Å². The lowest BCUT2D eigenvalue weighted by molar-refractivity contribution is 0.0974. The number of ether oxygens (including phenoxy) is 2. The first-order valence-corrected chi connectivity index (χ1v) is 8.15. The lowest BCUT2D eigenvalue weighted by Gasteiger charge is -2.21. The van der Waals surface area contributed by atoms with Crippen LogP contribution >= 0.6 is 15.9 Å². The Bertz CT molecular complexity index is 394. The molecule has 2 unspecified atom stereocenters. The van der Waals surface area contributed by atoms with Crippen LogP contribution in [0.25, 0.3) is 0 Å². The average molecular weight is 342 g/mol. The molecular weight excluding hydrogens is 318 g/mol. The summed E-state index contributed by atoms with van der Waals surface area (Å²) in [6.07, 6.45) is 3.91. The molecular formula is C16H24BrNO2. The minimum atomic E-state index is 0.420. The van der Waals surface area contributed by atoms with E-state index in [4.69, 9.17) is 9.47 Å². The van der Waals surface area contributed by atoms with Crippen LogP contribution in [0.2, 0.25) is 0 Å². The predicted molar refractivity (Wildman–Crippen MR) is 85.2 cm³/mol. The van der Waals surface area contributed by atoms with Crippen LogP contribution in [0.1, 0.15) is 30.7 Å². The van der Waals surface area contributed by atoms with Gasteiger partial charge in [0.15, 0.2) is 0 Å². The molecule has 1 heterocycles. The molecule has 0 amide bonds. The normalized spacial score (nSPS) is 20.2. The molecule has 1 aromatic rings. The van der Waals surface area contributed by atoms with E-state index in [2.05, 4.69) is 45.5 Å². The van der Waals surface area contributed by atoms with Gasteiger partial charge in [0, 0.05) is 31.3 Å². The zero-order chi connectivity index (χ0) is 14.2. The summed E-state index contributed by atoms with van der Waals surface area (Å²) in [4.78, 5) is 0. The van der Waals surface area contributed by atoms with Crippen molar-refractivity contribution in [2.45, 2.75) is 31.3 Å². The number of benzene rings is 1. The summed E-state index contributed by atoms with van der Waals surface area (Å²) in [7, 11) is 1.74. The third-order valence-corrected chi connectivity index (χ3v) is 4.26. The average Bonchev–Trinajstić information content (AvgIpc) is 2.95. The highest BCUT2D eigenvalue weighted by molar-refractivity contribution is 9.10. The highest BCUT2D eigenvalue weighted by Gasteiger charge is 2.22. The quantitative estimate of drug-likeness (QED) is 0.735. The van der Waals surface area contributed by atoms with Gasteiger partial charge >= 0.3 is 0 Å². The molecule has 0 aliphatic carbocycles. The van der Waals surface area contributed by atoms with E-state index < -0.39 is 0 Å². The van der Waals surface area contributed by atoms with Gasteiger partial charge in [-0.1, -0.05) is 28.1 Å². The summed E-state index contributed by atoms with van der Waals surface area (Å²) >= 11 is 3.56. The summed E-state index contributed by atoms with van der Waals surface area (Å²) in [6.45, 7) is 3.55. The van der Waals surface area contributed by atoms with Crippen molar-refractivity contribution in [2.75, 3.05) is 33.4 Å². The number of hydrogen-bond donors (Lipinski definition) is 1. The zero-order valence-corrected chi connectivity index (χ0v) is 13.7. The number of halogens is 1. The van der Waals surface area contributed by atoms with Gasteiger partial charge in [-0.3, -0.25) is 0 Å². The second-order valence-corrected chi connectivity index (χ2v) is 6.24. The molecule has 1 saturated heterocycles. The minimum Gasteiger partial charge on any atom is -0.383 e. The van der Waals surface area contributed by atoms with Gasteiger partial charge in [-0.25, -0.2) is 0 Å². The summed E-state index contributed by atoms with van der Waals surface area (Å²) in [5.74, 6) is 0.493. The van der Waals surface area contributed by atoms with E-state index in [0.717, 1.165) is 37.2 Å². The maximum absolute atomic E-state index is 5.80. The molecule has 1 fully saturated rings. The Balaban J connectivity index is 1.94. The van der Waals surface area contributed by atoms with E-state index in [0.29, 0.717) is 12.0 Å². The molecule has 4 heteroatoms. The highest BCUT2D eigenvalue weighted by atomic mass is 79.9. The molecule has 0 bridgehead atoms. The fourth-order valence-corrected chi connectivity index (χ4v) is 3.11. The number of hydrogen-bond acceptors (Lipinski definition) is 3. The number of nitrogens with one attached hydrogen (secondary N) is 1. The maximum atomic E-state index is 5.80. The van der Waals surface area contributed by atoms with Crippen LogP contribution < -0.4 is 5.32 Å². The second-order valence-electron chi connectivity index (χ2n) is 5.32. The van der Waals surface area contributed by atoms with Gasteiger partial charge in [0.2, 0.25) is 0 Å². The van der Waals surface area contributed by atoms with Gasteiger partial charge in [-0.05, 0) is 42.9 Å². The molecule has 0 radical (unpaired) electrons. The topological polar surface area (TPSA) is 30.5 Å².